The van der Waals surface area contributed by atoms with Gasteiger partial charge in [0.25, 0.3) is 0 Å². The second-order valence-electron chi connectivity index (χ2n) is 5.91. The lowest BCUT2D eigenvalue weighted by Crippen LogP contribution is -2.25. The molecule has 1 heterocycles. The van der Waals surface area contributed by atoms with E-state index in [0.717, 1.165) is 5.33 Å². The first kappa shape index (κ1) is 14.4. The fraction of sp³-hybridized carbons (Fsp3) is 0.600. The average Bonchev–Trinajstić information content (AvgIpc) is 2.50. The maximum atomic E-state index is 3.66. The van der Waals surface area contributed by atoms with Crippen molar-refractivity contribution in [2.45, 2.75) is 38.4 Å². The molecule has 0 spiro atoms. The Kier molecular flexibility index (Phi) is 4.76. The number of hydrogen-bond acceptors (Lipinski definition) is 1. The summed E-state index contributed by atoms with van der Waals surface area (Å²) in [6.45, 7) is 7.14. The van der Waals surface area contributed by atoms with Crippen LogP contribution in [0, 0.1) is 5.41 Å². The van der Waals surface area contributed by atoms with E-state index in [4.69, 9.17) is 0 Å². The van der Waals surface area contributed by atoms with Gasteiger partial charge >= 0.3 is 0 Å². The van der Waals surface area contributed by atoms with E-state index in [9.17, 15) is 0 Å². The van der Waals surface area contributed by atoms with Gasteiger partial charge in [0.05, 0.1) is 0 Å². The van der Waals surface area contributed by atoms with E-state index >= 15 is 0 Å². The van der Waals surface area contributed by atoms with Gasteiger partial charge < -0.3 is 4.90 Å². The molecule has 3 heteroatoms. The number of rotatable bonds is 2. The molecule has 1 aliphatic rings. The normalized spacial score (nSPS) is 19.7. The molecule has 2 rings (SSSR count). The molecule has 0 saturated carbocycles. The molecule has 1 nitrogen and oxygen atoms in total. The second kappa shape index (κ2) is 5.96. The van der Waals surface area contributed by atoms with E-state index in [1.165, 1.54) is 48.1 Å². The fourth-order valence-corrected chi connectivity index (χ4v) is 3.89. The molecule has 1 aromatic rings. The molecule has 0 amide bonds. The van der Waals surface area contributed by atoms with Gasteiger partial charge in [0.2, 0.25) is 0 Å². The summed E-state index contributed by atoms with van der Waals surface area (Å²) in [4.78, 5) is 2.53. The third-order valence-corrected chi connectivity index (χ3v) is 5.23. The fourth-order valence-electron chi connectivity index (χ4n) is 2.52. The van der Waals surface area contributed by atoms with Gasteiger partial charge in [0, 0.05) is 28.6 Å². The molecular weight excluding hydrogens is 354 g/mol. The van der Waals surface area contributed by atoms with Crippen LogP contribution in [-0.4, -0.2) is 13.1 Å². The van der Waals surface area contributed by atoms with Gasteiger partial charge in [0.15, 0.2) is 0 Å². The smallest absolute Gasteiger partial charge is 0.0377 e. The Morgan fingerprint density at radius 3 is 2.67 bits per heavy atom. The summed E-state index contributed by atoms with van der Waals surface area (Å²) in [6, 6.07) is 6.72. The van der Waals surface area contributed by atoms with Crippen molar-refractivity contribution in [1.82, 2.24) is 0 Å². The molecule has 100 valence electrons. The molecule has 0 atom stereocenters. The van der Waals surface area contributed by atoms with Crippen molar-refractivity contribution in [2.75, 3.05) is 18.0 Å². The molecule has 0 bridgehead atoms. The predicted octanol–water partition coefficient (Wildman–Crippen LogP) is 5.36. The van der Waals surface area contributed by atoms with Crippen molar-refractivity contribution < 1.29 is 0 Å². The first-order valence-electron chi connectivity index (χ1n) is 6.61. The highest BCUT2D eigenvalue weighted by molar-refractivity contribution is 9.10. The van der Waals surface area contributed by atoms with Crippen LogP contribution in [0.4, 0.5) is 5.69 Å². The lowest BCUT2D eigenvalue weighted by molar-refractivity contribution is 0.325. The van der Waals surface area contributed by atoms with Crippen molar-refractivity contribution in [3.05, 3.63) is 28.2 Å². The Labute approximate surface area is 127 Å². The Balaban J connectivity index is 2.14. The van der Waals surface area contributed by atoms with Crippen LogP contribution in [0.2, 0.25) is 0 Å². The van der Waals surface area contributed by atoms with E-state index in [1.54, 1.807) is 0 Å². The predicted molar refractivity (Wildman–Crippen MR) is 86.6 cm³/mol. The number of halogens is 2. The zero-order chi connectivity index (χ0) is 13.2. The molecule has 18 heavy (non-hydrogen) atoms. The van der Waals surface area contributed by atoms with Gasteiger partial charge in [-0.05, 0) is 42.4 Å². The third-order valence-electron chi connectivity index (χ3n) is 3.89. The van der Waals surface area contributed by atoms with Crippen molar-refractivity contribution >= 4 is 37.5 Å². The third kappa shape index (κ3) is 3.51. The van der Waals surface area contributed by atoms with Crippen LogP contribution in [0.5, 0.6) is 0 Å². The van der Waals surface area contributed by atoms with E-state index in [1.807, 2.05) is 0 Å². The highest BCUT2D eigenvalue weighted by Crippen LogP contribution is 2.33. The molecular formula is C15H21Br2N. The van der Waals surface area contributed by atoms with E-state index in [0.29, 0.717) is 5.41 Å². The van der Waals surface area contributed by atoms with Gasteiger partial charge in [-0.3, -0.25) is 0 Å². The van der Waals surface area contributed by atoms with Crippen LogP contribution >= 0.6 is 31.9 Å². The SMILES string of the molecule is CC1(C)CCCN(c2ccc(CBr)c(Br)c2)CC1. The minimum absolute atomic E-state index is 0.502. The van der Waals surface area contributed by atoms with Crippen molar-refractivity contribution in [3.63, 3.8) is 0 Å². The molecule has 1 aliphatic heterocycles. The molecule has 1 fully saturated rings. The second-order valence-corrected chi connectivity index (χ2v) is 7.33. The summed E-state index contributed by atoms with van der Waals surface area (Å²) in [5.41, 5.74) is 3.17. The monoisotopic (exact) mass is 373 g/mol. The molecule has 0 radical (unpaired) electrons. The summed E-state index contributed by atoms with van der Waals surface area (Å²) >= 11 is 7.17. The Hall–Kier alpha value is -0.0200. The molecule has 0 aromatic heterocycles. The summed E-state index contributed by atoms with van der Waals surface area (Å²) in [5.74, 6) is 0. The van der Waals surface area contributed by atoms with Crippen LogP contribution in [0.25, 0.3) is 0 Å². The summed E-state index contributed by atoms with van der Waals surface area (Å²) in [5, 5.41) is 0.904. The highest BCUT2D eigenvalue weighted by Gasteiger charge is 2.23. The number of benzene rings is 1. The van der Waals surface area contributed by atoms with Crippen molar-refractivity contribution in [1.29, 1.82) is 0 Å². The van der Waals surface area contributed by atoms with Gasteiger partial charge in [0.1, 0.15) is 0 Å². The Morgan fingerprint density at radius 1 is 1.22 bits per heavy atom. The van der Waals surface area contributed by atoms with Gasteiger partial charge in [-0.25, -0.2) is 0 Å². The first-order chi connectivity index (χ1) is 8.52. The van der Waals surface area contributed by atoms with Crippen LogP contribution in [-0.2, 0) is 5.33 Å². The molecule has 1 aromatic carbocycles. The largest absolute Gasteiger partial charge is 0.371 e. The van der Waals surface area contributed by atoms with E-state index in [2.05, 4.69) is 68.8 Å². The van der Waals surface area contributed by atoms with Gasteiger partial charge in [-0.15, -0.1) is 0 Å². The van der Waals surface area contributed by atoms with Crippen LogP contribution in [0.1, 0.15) is 38.7 Å². The maximum Gasteiger partial charge on any atom is 0.0377 e. The minimum atomic E-state index is 0.502. The number of hydrogen-bond donors (Lipinski definition) is 0. The molecule has 0 unspecified atom stereocenters. The quantitative estimate of drug-likeness (QED) is 0.629. The lowest BCUT2D eigenvalue weighted by atomic mass is 9.85. The van der Waals surface area contributed by atoms with E-state index < -0.39 is 0 Å². The topological polar surface area (TPSA) is 3.24 Å². The maximum absolute atomic E-state index is 3.66. The standard InChI is InChI=1S/C15H21Br2N/c1-15(2)6-3-8-18(9-7-15)13-5-4-12(11-16)14(17)10-13/h4-5,10H,3,6-9,11H2,1-2H3. The van der Waals surface area contributed by atoms with E-state index in [-0.39, 0.29) is 0 Å². The van der Waals surface area contributed by atoms with Crippen LogP contribution < -0.4 is 4.90 Å². The molecule has 0 N–H and O–H groups in total. The highest BCUT2D eigenvalue weighted by atomic mass is 79.9. The van der Waals surface area contributed by atoms with Crippen molar-refractivity contribution in [3.8, 4) is 0 Å². The minimum Gasteiger partial charge on any atom is -0.371 e. The number of nitrogens with zero attached hydrogens (tertiary/aromatic N) is 1. The first-order valence-corrected chi connectivity index (χ1v) is 8.53. The van der Waals surface area contributed by atoms with Gasteiger partial charge in [-0.1, -0.05) is 51.8 Å². The number of anilines is 1. The number of alkyl halides is 1. The summed E-state index contributed by atoms with van der Waals surface area (Å²) < 4.78 is 1.21. The molecule has 0 aliphatic carbocycles. The Morgan fingerprint density at radius 2 is 2.00 bits per heavy atom. The summed E-state index contributed by atoms with van der Waals surface area (Å²) in [7, 11) is 0. The average molecular weight is 375 g/mol. The Bertz CT molecular complexity index is 415. The van der Waals surface area contributed by atoms with Crippen molar-refractivity contribution in [2.24, 2.45) is 5.41 Å². The summed E-state index contributed by atoms with van der Waals surface area (Å²) in [6.07, 6.45) is 3.92. The van der Waals surface area contributed by atoms with Crippen LogP contribution in [0.15, 0.2) is 22.7 Å². The zero-order valence-corrected chi connectivity index (χ0v) is 14.3. The lowest BCUT2D eigenvalue weighted by Gasteiger charge is -2.25. The van der Waals surface area contributed by atoms with Gasteiger partial charge in [-0.2, -0.15) is 0 Å². The zero-order valence-electron chi connectivity index (χ0n) is 11.2. The molecule has 1 saturated heterocycles. The van der Waals surface area contributed by atoms with Crippen LogP contribution in [0.3, 0.4) is 0 Å².